The molecule has 158 valence electrons. The van der Waals surface area contributed by atoms with Gasteiger partial charge < -0.3 is 4.90 Å². The van der Waals surface area contributed by atoms with E-state index in [-0.39, 0.29) is 5.02 Å². The standard InChI is InChI=1S/C21H19BrClFN2O2S2/c22-17-3-1-2-4-20(17)30(27,28)16-7-9-26(10-8-16)21-25-15(13-29-21)11-14-5-6-19(24)18(23)12-14/h1-6,12-13,16H,7-11H2. The number of nitrogens with zero attached hydrogens (tertiary/aromatic N) is 2. The molecule has 0 atom stereocenters. The molecule has 4 rings (SSSR count). The SMILES string of the molecule is O=S(=O)(c1ccccc1Br)C1CCN(c2nc(Cc3ccc(F)c(Cl)c3)cs2)CC1. The normalized spacial score (nSPS) is 15.5. The second kappa shape index (κ2) is 8.94. The Morgan fingerprint density at radius 3 is 2.63 bits per heavy atom. The summed E-state index contributed by atoms with van der Waals surface area (Å²) in [5, 5.41) is 2.58. The largest absolute Gasteiger partial charge is 0.348 e. The van der Waals surface area contributed by atoms with Gasteiger partial charge in [0.15, 0.2) is 15.0 Å². The number of halogens is 3. The highest BCUT2D eigenvalue weighted by molar-refractivity contribution is 9.10. The molecule has 0 spiro atoms. The molecule has 1 aliphatic heterocycles. The molecule has 9 heteroatoms. The highest BCUT2D eigenvalue weighted by atomic mass is 79.9. The number of thiazole rings is 1. The number of rotatable bonds is 5. The lowest BCUT2D eigenvalue weighted by molar-refractivity contribution is 0.529. The van der Waals surface area contributed by atoms with Crippen LogP contribution in [0.25, 0.3) is 0 Å². The first-order valence-corrected chi connectivity index (χ1v) is 13.1. The molecule has 3 aromatic rings. The Balaban J connectivity index is 1.41. The molecule has 0 bridgehead atoms. The monoisotopic (exact) mass is 528 g/mol. The average Bonchev–Trinajstić information content (AvgIpc) is 3.19. The van der Waals surface area contributed by atoms with E-state index < -0.39 is 20.9 Å². The topological polar surface area (TPSA) is 50.3 Å². The summed E-state index contributed by atoms with van der Waals surface area (Å²) < 4.78 is 40.0. The third-order valence-corrected chi connectivity index (χ3v) is 9.72. The fraction of sp³-hybridized carbons (Fsp3) is 0.286. The summed E-state index contributed by atoms with van der Waals surface area (Å²) in [4.78, 5) is 7.19. The Labute approximate surface area is 192 Å². The fourth-order valence-electron chi connectivity index (χ4n) is 3.59. The molecule has 1 aromatic heterocycles. The maximum atomic E-state index is 13.3. The molecule has 0 unspecified atom stereocenters. The predicted octanol–water partition coefficient (Wildman–Crippen LogP) is 5.73. The van der Waals surface area contributed by atoms with Gasteiger partial charge in [0.2, 0.25) is 0 Å². The molecule has 0 N–H and O–H groups in total. The van der Waals surface area contributed by atoms with Crippen molar-refractivity contribution in [2.45, 2.75) is 29.4 Å². The Bertz CT molecular complexity index is 1160. The van der Waals surface area contributed by atoms with E-state index in [1.807, 2.05) is 11.4 Å². The zero-order valence-electron chi connectivity index (χ0n) is 15.9. The average molecular weight is 530 g/mol. The predicted molar refractivity (Wildman–Crippen MR) is 123 cm³/mol. The van der Waals surface area contributed by atoms with E-state index in [9.17, 15) is 12.8 Å². The van der Waals surface area contributed by atoms with Gasteiger partial charge in [0.05, 0.1) is 20.9 Å². The van der Waals surface area contributed by atoms with Crippen LogP contribution in [-0.2, 0) is 16.3 Å². The molecule has 1 aliphatic rings. The molecule has 0 amide bonds. The third kappa shape index (κ3) is 4.56. The fourth-order valence-corrected chi connectivity index (χ4v) is 7.44. The molecule has 2 aromatic carbocycles. The lowest BCUT2D eigenvalue weighted by Gasteiger charge is -2.31. The van der Waals surface area contributed by atoms with Crippen molar-refractivity contribution in [2.75, 3.05) is 18.0 Å². The van der Waals surface area contributed by atoms with E-state index in [1.54, 1.807) is 41.7 Å². The van der Waals surface area contributed by atoms with Gasteiger partial charge >= 0.3 is 0 Å². The van der Waals surface area contributed by atoms with Gasteiger partial charge in [-0.15, -0.1) is 11.3 Å². The quantitative estimate of drug-likeness (QED) is 0.423. The minimum Gasteiger partial charge on any atom is -0.348 e. The van der Waals surface area contributed by atoms with Gasteiger partial charge in [0.1, 0.15) is 5.82 Å². The van der Waals surface area contributed by atoms with Crippen LogP contribution in [0.4, 0.5) is 9.52 Å². The van der Waals surface area contributed by atoms with E-state index in [1.165, 1.54) is 6.07 Å². The van der Waals surface area contributed by atoms with Crippen molar-refractivity contribution < 1.29 is 12.8 Å². The highest BCUT2D eigenvalue weighted by Gasteiger charge is 2.33. The lowest BCUT2D eigenvalue weighted by atomic mass is 10.1. The van der Waals surface area contributed by atoms with Gasteiger partial charge in [-0.25, -0.2) is 17.8 Å². The van der Waals surface area contributed by atoms with Crippen LogP contribution in [0.2, 0.25) is 5.02 Å². The first kappa shape index (κ1) is 21.7. The second-order valence-electron chi connectivity index (χ2n) is 7.21. The summed E-state index contributed by atoms with van der Waals surface area (Å²) in [6.45, 7) is 1.29. The summed E-state index contributed by atoms with van der Waals surface area (Å²) in [6, 6.07) is 11.7. The summed E-state index contributed by atoms with van der Waals surface area (Å²) in [5.41, 5.74) is 1.79. The van der Waals surface area contributed by atoms with Crippen molar-refractivity contribution in [1.29, 1.82) is 0 Å². The smallest absolute Gasteiger partial charge is 0.185 e. The van der Waals surface area contributed by atoms with E-state index in [0.717, 1.165) is 16.4 Å². The minimum atomic E-state index is -3.38. The first-order chi connectivity index (χ1) is 14.3. The number of hydrogen-bond donors (Lipinski definition) is 0. The summed E-state index contributed by atoms with van der Waals surface area (Å²) in [5.74, 6) is -0.431. The molecule has 30 heavy (non-hydrogen) atoms. The Kier molecular flexibility index (Phi) is 6.48. The van der Waals surface area contributed by atoms with Crippen molar-refractivity contribution >= 4 is 53.8 Å². The summed E-state index contributed by atoms with van der Waals surface area (Å²) in [6.07, 6.45) is 1.70. The van der Waals surface area contributed by atoms with Crippen LogP contribution in [0.1, 0.15) is 24.1 Å². The summed E-state index contributed by atoms with van der Waals surface area (Å²) >= 11 is 10.8. The maximum Gasteiger partial charge on any atom is 0.185 e. The molecule has 0 saturated carbocycles. The van der Waals surface area contributed by atoms with Crippen molar-refractivity contribution in [1.82, 2.24) is 4.98 Å². The number of piperidine rings is 1. The van der Waals surface area contributed by atoms with Crippen molar-refractivity contribution in [3.8, 4) is 0 Å². The Morgan fingerprint density at radius 1 is 1.20 bits per heavy atom. The van der Waals surface area contributed by atoms with E-state index >= 15 is 0 Å². The van der Waals surface area contributed by atoms with Gasteiger partial charge in [-0.1, -0.05) is 29.8 Å². The Morgan fingerprint density at radius 2 is 1.93 bits per heavy atom. The van der Waals surface area contributed by atoms with Crippen LogP contribution in [0.3, 0.4) is 0 Å². The zero-order valence-corrected chi connectivity index (χ0v) is 19.9. The molecule has 4 nitrogen and oxygen atoms in total. The molecule has 1 fully saturated rings. The third-order valence-electron chi connectivity index (χ3n) is 5.20. The van der Waals surface area contributed by atoms with Crippen molar-refractivity contribution in [2.24, 2.45) is 0 Å². The van der Waals surface area contributed by atoms with Crippen molar-refractivity contribution in [3.05, 3.63) is 74.4 Å². The second-order valence-corrected chi connectivity index (χ2v) is 11.5. The van der Waals surface area contributed by atoms with E-state index in [4.69, 9.17) is 16.6 Å². The van der Waals surface area contributed by atoms with Crippen LogP contribution in [-0.4, -0.2) is 31.7 Å². The lowest BCUT2D eigenvalue weighted by Crippen LogP contribution is -2.39. The van der Waals surface area contributed by atoms with Gasteiger partial charge in [0, 0.05) is 29.4 Å². The van der Waals surface area contributed by atoms with Crippen molar-refractivity contribution in [3.63, 3.8) is 0 Å². The number of sulfone groups is 1. The first-order valence-electron chi connectivity index (χ1n) is 9.46. The summed E-state index contributed by atoms with van der Waals surface area (Å²) in [7, 11) is -3.38. The van der Waals surface area contributed by atoms with Crippen LogP contribution in [0, 0.1) is 5.82 Å². The highest BCUT2D eigenvalue weighted by Crippen LogP contribution is 2.32. The van der Waals surface area contributed by atoms with Gasteiger partial charge in [-0.05, 0) is 58.6 Å². The van der Waals surface area contributed by atoms with E-state index in [2.05, 4.69) is 20.8 Å². The van der Waals surface area contributed by atoms with Crippen LogP contribution >= 0.6 is 38.9 Å². The van der Waals surface area contributed by atoms with E-state index in [0.29, 0.717) is 41.7 Å². The Hall–Kier alpha value is -1.48. The molecule has 0 radical (unpaired) electrons. The number of benzene rings is 2. The molecule has 2 heterocycles. The maximum absolute atomic E-state index is 13.3. The number of anilines is 1. The van der Waals surface area contributed by atoms with Crippen LogP contribution in [0.5, 0.6) is 0 Å². The van der Waals surface area contributed by atoms with Gasteiger partial charge in [0.25, 0.3) is 0 Å². The molecule has 0 aliphatic carbocycles. The zero-order chi connectivity index (χ0) is 21.3. The van der Waals surface area contributed by atoms with Gasteiger partial charge in [-0.2, -0.15) is 0 Å². The molecular formula is C21H19BrClFN2O2S2. The molecule has 1 saturated heterocycles. The number of aromatic nitrogens is 1. The van der Waals surface area contributed by atoms with Crippen LogP contribution in [0.15, 0.2) is 57.2 Å². The van der Waals surface area contributed by atoms with Crippen LogP contribution < -0.4 is 4.90 Å². The van der Waals surface area contributed by atoms with Gasteiger partial charge in [-0.3, -0.25) is 0 Å². The molecular weight excluding hydrogens is 511 g/mol. The number of hydrogen-bond acceptors (Lipinski definition) is 5. The minimum absolute atomic E-state index is 0.108.